The standard InChI is InChI=1S/C24H22N2O6S/c1-3-11-26-21(27)20(33-24(26)25-17-9-6-8-16(14-17)22(28)29)13-15-7-5-10-18(12-15)32-19(4-2)23(30)31/h3,5-10,12-14,19H,1,4,11H2,2H3,(H,28,29)(H,30,31)/b20-13-,25-24?. The minimum atomic E-state index is -1.06. The molecule has 2 aromatic carbocycles. The van der Waals surface area contributed by atoms with Gasteiger partial charge in [0, 0.05) is 6.54 Å². The number of aliphatic imine (C=N–C) groups is 1. The molecule has 0 aromatic heterocycles. The van der Waals surface area contributed by atoms with Gasteiger partial charge >= 0.3 is 11.9 Å². The summed E-state index contributed by atoms with van der Waals surface area (Å²) in [5.74, 6) is -1.99. The number of hydrogen-bond acceptors (Lipinski definition) is 6. The molecule has 0 radical (unpaired) electrons. The van der Waals surface area contributed by atoms with Crippen LogP contribution in [-0.2, 0) is 9.59 Å². The third-order valence-corrected chi connectivity index (χ3v) is 5.60. The number of thioether (sulfide) groups is 1. The van der Waals surface area contributed by atoms with E-state index in [4.69, 9.17) is 4.74 Å². The molecule has 0 aliphatic carbocycles. The van der Waals surface area contributed by atoms with Crippen LogP contribution in [0.4, 0.5) is 5.69 Å². The molecule has 0 spiro atoms. The summed E-state index contributed by atoms with van der Waals surface area (Å²) in [7, 11) is 0. The minimum Gasteiger partial charge on any atom is -0.479 e. The van der Waals surface area contributed by atoms with Crippen molar-refractivity contribution >= 4 is 46.5 Å². The zero-order chi connectivity index (χ0) is 24.0. The number of aromatic carboxylic acids is 1. The van der Waals surface area contributed by atoms with Crippen molar-refractivity contribution in [2.75, 3.05) is 6.54 Å². The largest absolute Gasteiger partial charge is 0.479 e. The number of amides is 1. The SMILES string of the molecule is C=CCN1C(=O)/C(=C/c2cccc(OC(CC)C(=O)O)c2)SC1=Nc1cccc(C(=O)O)c1. The van der Waals surface area contributed by atoms with Gasteiger partial charge in [-0.3, -0.25) is 9.69 Å². The molecule has 170 valence electrons. The Balaban J connectivity index is 1.90. The Morgan fingerprint density at radius 1 is 1.21 bits per heavy atom. The highest BCUT2D eigenvalue weighted by Gasteiger charge is 2.32. The molecule has 2 N–H and O–H groups in total. The molecule has 1 aliphatic heterocycles. The normalized spacial score (nSPS) is 16.8. The first-order valence-corrected chi connectivity index (χ1v) is 10.9. The molecular weight excluding hydrogens is 444 g/mol. The van der Waals surface area contributed by atoms with Gasteiger partial charge in [-0.05, 0) is 60.2 Å². The maximum Gasteiger partial charge on any atom is 0.344 e. The smallest absolute Gasteiger partial charge is 0.344 e. The lowest BCUT2D eigenvalue weighted by atomic mass is 10.2. The van der Waals surface area contributed by atoms with Crippen LogP contribution in [0.25, 0.3) is 6.08 Å². The molecule has 33 heavy (non-hydrogen) atoms. The van der Waals surface area contributed by atoms with Crippen molar-refractivity contribution in [3.63, 3.8) is 0 Å². The van der Waals surface area contributed by atoms with Crippen LogP contribution in [0.2, 0.25) is 0 Å². The van der Waals surface area contributed by atoms with E-state index in [0.717, 1.165) is 11.8 Å². The molecule has 1 unspecified atom stereocenters. The molecule has 1 heterocycles. The molecule has 1 saturated heterocycles. The second kappa shape index (κ2) is 10.6. The summed E-state index contributed by atoms with van der Waals surface area (Å²) in [6.07, 6.45) is 2.61. The van der Waals surface area contributed by atoms with Crippen molar-refractivity contribution in [3.8, 4) is 5.75 Å². The lowest BCUT2D eigenvalue weighted by Crippen LogP contribution is -2.29. The number of amidine groups is 1. The summed E-state index contributed by atoms with van der Waals surface area (Å²) in [5.41, 5.74) is 1.17. The van der Waals surface area contributed by atoms with E-state index in [0.29, 0.717) is 33.5 Å². The highest BCUT2D eigenvalue weighted by molar-refractivity contribution is 8.18. The molecule has 2 aromatic rings. The van der Waals surface area contributed by atoms with Crippen LogP contribution >= 0.6 is 11.8 Å². The highest BCUT2D eigenvalue weighted by atomic mass is 32.2. The van der Waals surface area contributed by atoms with Crippen molar-refractivity contribution in [3.05, 3.63) is 77.2 Å². The van der Waals surface area contributed by atoms with Crippen LogP contribution in [0.1, 0.15) is 29.3 Å². The van der Waals surface area contributed by atoms with Gasteiger partial charge in [-0.1, -0.05) is 31.2 Å². The second-order valence-corrected chi connectivity index (χ2v) is 8.00. The summed E-state index contributed by atoms with van der Waals surface area (Å²) >= 11 is 1.16. The first kappa shape index (κ1) is 23.8. The Bertz CT molecular complexity index is 1160. The van der Waals surface area contributed by atoms with Crippen molar-refractivity contribution in [2.45, 2.75) is 19.4 Å². The van der Waals surface area contributed by atoms with Gasteiger partial charge in [0.25, 0.3) is 5.91 Å². The number of carboxylic acid groups (broad SMARTS) is 2. The monoisotopic (exact) mass is 466 g/mol. The minimum absolute atomic E-state index is 0.0979. The van der Waals surface area contributed by atoms with Gasteiger partial charge in [-0.15, -0.1) is 6.58 Å². The Hall–Kier alpha value is -3.85. The van der Waals surface area contributed by atoms with Gasteiger partial charge in [-0.2, -0.15) is 0 Å². The average molecular weight is 467 g/mol. The number of aliphatic carboxylic acids is 1. The fraction of sp³-hybridized carbons (Fsp3) is 0.167. The molecule has 1 aliphatic rings. The Morgan fingerprint density at radius 3 is 2.64 bits per heavy atom. The first-order valence-electron chi connectivity index (χ1n) is 10.1. The quantitative estimate of drug-likeness (QED) is 0.415. The molecular formula is C24H22N2O6S. The van der Waals surface area contributed by atoms with E-state index in [1.165, 1.54) is 17.0 Å². The van der Waals surface area contributed by atoms with Crippen LogP contribution in [0.3, 0.4) is 0 Å². The highest BCUT2D eigenvalue weighted by Crippen LogP contribution is 2.34. The first-order chi connectivity index (χ1) is 15.8. The number of benzene rings is 2. The van der Waals surface area contributed by atoms with Crippen LogP contribution in [0.5, 0.6) is 5.75 Å². The number of carboxylic acids is 2. The third kappa shape index (κ3) is 5.89. The molecule has 9 heteroatoms. The number of hydrogen-bond donors (Lipinski definition) is 2. The summed E-state index contributed by atoms with van der Waals surface area (Å²) in [6, 6.07) is 13.0. The van der Waals surface area contributed by atoms with E-state index < -0.39 is 18.0 Å². The van der Waals surface area contributed by atoms with Crippen molar-refractivity contribution < 1.29 is 29.3 Å². The van der Waals surface area contributed by atoms with Crippen LogP contribution in [0.15, 0.2) is 71.1 Å². The Labute approximate surface area is 194 Å². The maximum absolute atomic E-state index is 13.0. The average Bonchev–Trinajstić information content (AvgIpc) is 3.06. The molecule has 3 rings (SSSR count). The zero-order valence-corrected chi connectivity index (χ0v) is 18.6. The summed E-state index contributed by atoms with van der Waals surface area (Å²) in [4.78, 5) is 41.8. The van der Waals surface area contributed by atoms with Crippen LogP contribution in [0, 0.1) is 0 Å². The predicted octanol–water partition coefficient (Wildman–Crippen LogP) is 4.42. The van der Waals surface area contributed by atoms with Crippen molar-refractivity contribution in [1.82, 2.24) is 4.90 Å². The lowest BCUT2D eigenvalue weighted by Gasteiger charge is -2.13. The molecule has 1 amide bonds. The van der Waals surface area contributed by atoms with E-state index in [1.54, 1.807) is 55.5 Å². The van der Waals surface area contributed by atoms with Gasteiger partial charge in [0.1, 0.15) is 5.75 Å². The summed E-state index contributed by atoms with van der Waals surface area (Å²) < 4.78 is 5.53. The summed E-state index contributed by atoms with van der Waals surface area (Å²) in [5, 5.41) is 18.8. The molecule has 8 nitrogen and oxygen atoms in total. The van der Waals surface area contributed by atoms with Gasteiger partial charge < -0.3 is 14.9 Å². The zero-order valence-electron chi connectivity index (χ0n) is 17.8. The third-order valence-electron chi connectivity index (χ3n) is 4.60. The molecule has 0 bridgehead atoms. The number of nitrogens with zero attached hydrogens (tertiary/aromatic N) is 2. The Morgan fingerprint density at radius 2 is 1.97 bits per heavy atom. The van der Waals surface area contributed by atoms with Gasteiger partial charge in [-0.25, -0.2) is 14.6 Å². The van der Waals surface area contributed by atoms with Gasteiger partial charge in [0.05, 0.1) is 16.2 Å². The summed E-state index contributed by atoms with van der Waals surface area (Å²) in [6.45, 7) is 5.65. The van der Waals surface area contributed by atoms with Crippen molar-refractivity contribution in [2.24, 2.45) is 4.99 Å². The lowest BCUT2D eigenvalue weighted by molar-refractivity contribution is -0.145. The van der Waals surface area contributed by atoms with E-state index in [2.05, 4.69) is 11.6 Å². The maximum atomic E-state index is 13.0. The number of carbonyl (C=O) groups excluding carboxylic acids is 1. The second-order valence-electron chi connectivity index (χ2n) is 6.99. The molecule has 1 fully saturated rings. The van der Waals surface area contributed by atoms with Crippen LogP contribution in [-0.4, -0.2) is 50.8 Å². The predicted molar refractivity (Wildman–Crippen MR) is 127 cm³/mol. The topological polar surface area (TPSA) is 117 Å². The van der Waals surface area contributed by atoms with Crippen LogP contribution < -0.4 is 4.74 Å². The van der Waals surface area contributed by atoms with Gasteiger partial charge in [0.2, 0.25) is 0 Å². The van der Waals surface area contributed by atoms with Gasteiger partial charge in [0.15, 0.2) is 11.3 Å². The number of ether oxygens (including phenoxy) is 1. The van der Waals surface area contributed by atoms with E-state index in [9.17, 15) is 24.6 Å². The van der Waals surface area contributed by atoms with E-state index >= 15 is 0 Å². The molecule has 0 saturated carbocycles. The molecule has 1 atom stereocenters. The van der Waals surface area contributed by atoms with E-state index in [-0.39, 0.29) is 18.0 Å². The fourth-order valence-electron chi connectivity index (χ4n) is 3.00. The fourth-order valence-corrected chi connectivity index (χ4v) is 4.01. The number of carbonyl (C=O) groups is 3. The van der Waals surface area contributed by atoms with Crippen molar-refractivity contribution in [1.29, 1.82) is 0 Å². The van der Waals surface area contributed by atoms with E-state index in [1.807, 2.05) is 0 Å². The Kier molecular flexibility index (Phi) is 7.68. The number of rotatable bonds is 9.